The van der Waals surface area contributed by atoms with Crippen LogP contribution in [-0.4, -0.2) is 38.4 Å². The molecule has 0 bridgehead atoms. The maximum Gasteiger partial charge on any atom is 0.232 e. The van der Waals surface area contributed by atoms with Crippen molar-refractivity contribution in [2.24, 2.45) is 5.92 Å². The number of thioether (sulfide) groups is 1. The number of aromatic nitrogens is 3. The highest BCUT2D eigenvalue weighted by Crippen LogP contribution is 2.24. The number of nitrogens with one attached hydrogen (secondary N) is 2. The topological polar surface area (TPSA) is 88.9 Å². The first kappa shape index (κ1) is 21.4. The SMILES string of the molecule is CCn1c(CC(=O)Nc2ccccc2)nnc1SCC(=O)N[C@@H]1CCCC[C@@H]1C. The number of nitrogens with zero attached hydrogens (tertiary/aromatic N) is 3. The summed E-state index contributed by atoms with van der Waals surface area (Å²) in [5.74, 6) is 1.33. The van der Waals surface area contributed by atoms with Crippen LogP contribution in [0.25, 0.3) is 0 Å². The van der Waals surface area contributed by atoms with Gasteiger partial charge in [0.15, 0.2) is 5.16 Å². The first-order chi connectivity index (χ1) is 14.1. The van der Waals surface area contributed by atoms with Gasteiger partial charge in [-0.3, -0.25) is 9.59 Å². The zero-order valence-electron chi connectivity index (χ0n) is 17.1. The third-order valence-corrected chi connectivity index (χ3v) is 6.24. The summed E-state index contributed by atoms with van der Waals surface area (Å²) < 4.78 is 1.89. The van der Waals surface area contributed by atoms with Crippen LogP contribution in [0.15, 0.2) is 35.5 Å². The Labute approximate surface area is 176 Å². The van der Waals surface area contributed by atoms with E-state index in [2.05, 4.69) is 27.8 Å². The van der Waals surface area contributed by atoms with Crippen LogP contribution in [0.3, 0.4) is 0 Å². The first-order valence-corrected chi connectivity index (χ1v) is 11.2. The van der Waals surface area contributed by atoms with Gasteiger partial charge >= 0.3 is 0 Å². The fraction of sp³-hybridized carbons (Fsp3) is 0.524. The zero-order chi connectivity index (χ0) is 20.6. The van der Waals surface area contributed by atoms with E-state index in [-0.39, 0.29) is 24.3 Å². The summed E-state index contributed by atoms with van der Waals surface area (Å²) in [4.78, 5) is 24.7. The van der Waals surface area contributed by atoms with Crippen LogP contribution in [0.4, 0.5) is 5.69 Å². The Bertz CT molecular complexity index is 824. The number of hydrogen-bond acceptors (Lipinski definition) is 5. The molecule has 2 atom stereocenters. The molecular weight excluding hydrogens is 386 g/mol. The number of hydrogen-bond donors (Lipinski definition) is 2. The van der Waals surface area contributed by atoms with Crippen molar-refractivity contribution in [3.05, 3.63) is 36.2 Å². The third kappa shape index (κ3) is 6.06. The molecule has 0 radical (unpaired) electrons. The minimum absolute atomic E-state index is 0.0303. The molecular formula is C21H29N5O2S. The van der Waals surface area contributed by atoms with E-state index in [0.717, 1.165) is 12.1 Å². The van der Waals surface area contributed by atoms with Crippen LogP contribution in [0.5, 0.6) is 0 Å². The predicted octanol–water partition coefficient (Wildman–Crippen LogP) is 3.27. The van der Waals surface area contributed by atoms with Crippen LogP contribution in [0.1, 0.15) is 45.4 Å². The van der Waals surface area contributed by atoms with Gasteiger partial charge in [0.1, 0.15) is 5.82 Å². The molecule has 29 heavy (non-hydrogen) atoms. The average Bonchev–Trinajstić information content (AvgIpc) is 3.10. The lowest BCUT2D eigenvalue weighted by Gasteiger charge is -2.29. The van der Waals surface area contributed by atoms with Gasteiger partial charge < -0.3 is 15.2 Å². The molecule has 0 unspecified atom stereocenters. The lowest BCUT2D eigenvalue weighted by atomic mass is 9.86. The molecule has 0 saturated heterocycles. The summed E-state index contributed by atoms with van der Waals surface area (Å²) in [5.41, 5.74) is 0.753. The van der Waals surface area contributed by atoms with E-state index in [1.165, 1.54) is 31.0 Å². The quantitative estimate of drug-likeness (QED) is 0.646. The summed E-state index contributed by atoms with van der Waals surface area (Å²) in [6.07, 6.45) is 4.81. The second kappa shape index (κ2) is 10.4. The van der Waals surface area contributed by atoms with Gasteiger partial charge in [0, 0.05) is 18.3 Å². The van der Waals surface area contributed by atoms with Gasteiger partial charge in [-0.05, 0) is 37.8 Å². The minimum atomic E-state index is -0.140. The minimum Gasteiger partial charge on any atom is -0.352 e. The van der Waals surface area contributed by atoms with Gasteiger partial charge in [-0.1, -0.05) is 49.7 Å². The number of rotatable bonds is 8. The Balaban J connectivity index is 1.53. The van der Waals surface area contributed by atoms with E-state index in [4.69, 9.17) is 0 Å². The van der Waals surface area contributed by atoms with Gasteiger partial charge in [-0.15, -0.1) is 10.2 Å². The van der Waals surface area contributed by atoms with Gasteiger partial charge in [0.2, 0.25) is 11.8 Å². The monoisotopic (exact) mass is 415 g/mol. The molecule has 3 rings (SSSR count). The van der Waals surface area contributed by atoms with Crippen molar-refractivity contribution in [2.45, 2.75) is 63.7 Å². The summed E-state index contributed by atoms with van der Waals surface area (Å²) in [6, 6.07) is 9.61. The summed E-state index contributed by atoms with van der Waals surface area (Å²) in [5, 5.41) is 15.1. The number of anilines is 1. The van der Waals surface area contributed by atoms with Crippen LogP contribution in [-0.2, 0) is 22.6 Å². The second-order valence-electron chi connectivity index (χ2n) is 7.46. The molecule has 1 heterocycles. The standard InChI is InChI=1S/C21H29N5O2S/c1-3-26-18(13-19(27)22-16-10-5-4-6-11-16)24-25-21(26)29-14-20(28)23-17-12-8-7-9-15(17)2/h4-6,10-11,15,17H,3,7-9,12-14H2,1-2H3,(H,22,27)(H,23,28)/t15-,17+/m0/s1. The fourth-order valence-electron chi connectivity index (χ4n) is 3.65. The van der Waals surface area contributed by atoms with Gasteiger partial charge in [-0.25, -0.2) is 0 Å². The smallest absolute Gasteiger partial charge is 0.232 e. The molecule has 0 spiro atoms. The molecule has 0 aliphatic heterocycles. The van der Waals surface area contributed by atoms with E-state index in [9.17, 15) is 9.59 Å². The fourth-order valence-corrected chi connectivity index (χ4v) is 4.49. The molecule has 1 aliphatic carbocycles. The Hall–Kier alpha value is -2.35. The first-order valence-electron chi connectivity index (χ1n) is 10.3. The van der Waals surface area contributed by atoms with Crippen molar-refractivity contribution in [3.8, 4) is 0 Å². The van der Waals surface area contributed by atoms with E-state index in [1.54, 1.807) is 0 Å². The van der Waals surface area contributed by atoms with Crippen molar-refractivity contribution < 1.29 is 9.59 Å². The van der Waals surface area contributed by atoms with Crippen molar-refractivity contribution in [1.82, 2.24) is 20.1 Å². The number of para-hydroxylation sites is 1. The molecule has 1 aromatic carbocycles. The number of benzene rings is 1. The van der Waals surface area contributed by atoms with Crippen LogP contribution < -0.4 is 10.6 Å². The molecule has 1 aromatic heterocycles. The molecule has 1 saturated carbocycles. The number of carbonyl (C=O) groups excluding carboxylic acids is 2. The Morgan fingerprint density at radius 1 is 1.14 bits per heavy atom. The highest BCUT2D eigenvalue weighted by Gasteiger charge is 2.23. The highest BCUT2D eigenvalue weighted by molar-refractivity contribution is 7.99. The predicted molar refractivity (Wildman–Crippen MR) is 115 cm³/mol. The molecule has 2 amide bonds. The lowest BCUT2D eigenvalue weighted by molar-refractivity contribution is -0.120. The van der Waals surface area contributed by atoms with Gasteiger partial charge in [0.25, 0.3) is 0 Å². The molecule has 1 fully saturated rings. The largest absolute Gasteiger partial charge is 0.352 e. The number of amides is 2. The van der Waals surface area contributed by atoms with E-state index in [0.29, 0.717) is 29.2 Å². The van der Waals surface area contributed by atoms with Crippen molar-refractivity contribution >= 4 is 29.3 Å². The molecule has 156 valence electrons. The van der Waals surface area contributed by atoms with E-state index in [1.807, 2.05) is 41.8 Å². The maximum atomic E-state index is 12.4. The van der Waals surface area contributed by atoms with E-state index >= 15 is 0 Å². The molecule has 7 nitrogen and oxygen atoms in total. The van der Waals surface area contributed by atoms with Gasteiger partial charge in [0.05, 0.1) is 12.2 Å². The number of carbonyl (C=O) groups is 2. The molecule has 8 heteroatoms. The van der Waals surface area contributed by atoms with E-state index < -0.39 is 0 Å². The Kier molecular flexibility index (Phi) is 7.69. The zero-order valence-corrected chi connectivity index (χ0v) is 17.9. The van der Waals surface area contributed by atoms with Crippen molar-refractivity contribution in [3.63, 3.8) is 0 Å². The Morgan fingerprint density at radius 2 is 1.90 bits per heavy atom. The summed E-state index contributed by atoms with van der Waals surface area (Å²) in [7, 11) is 0. The summed E-state index contributed by atoms with van der Waals surface area (Å²) >= 11 is 1.37. The lowest BCUT2D eigenvalue weighted by Crippen LogP contribution is -2.41. The normalized spacial score (nSPS) is 19.0. The molecule has 2 N–H and O–H groups in total. The Morgan fingerprint density at radius 3 is 2.62 bits per heavy atom. The van der Waals surface area contributed by atoms with Gasteiger partial charge in [-0.2, -0.15) is 0 Å². The molecule has 2 aromatic rings. The van der Waals surface area contributed by atoms with Crippen LogP contribution in [0, 0.1) is 5.92 Å². The average molecular weight is 416 g/mol. The van der Waals surface area contributed by atoms with Crippen molar-refractivity contribution in [2.75, 3.05) is 11.1 Å². The summed E-state index contributed by atoms with van der Waals surface area (Å²) in [6.45, 7) is 4.83. The second-order valence-corrected chi connectivity index (χ2v) is 8.40. The third-order valence-electron chi connectivity index (χ3n) is 5.28. The van der Waals surface area contributed by atoms with Crippen molar-refractivity contribution in [1.29, 1.82) is 0 Å². The van der Waals surface area contributed by atoms with Crippen LogP contribution in [0.2, 0.25) is 0 Å². The maximum absolute atomic E-state index is 12.4. The molecule has 1 aliphatic rings. The highest BCUT2D eigenvalue weighted by atomic mass is 32.2. The van der Waals surface area contributed by atoms with Crippen LogP contribution >= 0.6 is 11.8 Å².